The number of rotatable bonds is 3. The van der Waals surface area contributed by atoms with Gasteiger partial charge in [0.15, 0.2) is 0 Å². The van der Waals surface area contributed by atoms with Crippen LogP contribution < -0.4 is 5.32 Å². The number of nitrogens with zero attached hydrogens (tertiary/aromatic N) is 2. The minimum atomic E-state index is -0.194. The van der Waals surface area contributed by atoms with E-state index in [1.54, 1.807) is 23.6 Å². The van der Waals surface area contributed by atoms with E-state index >= 15 is 0 Å². The van der Waals surface area contributed by atoms with Crippen molar-refractivity contribution in [1.82, 2.24) is 9.97 Å². The number of carbonyl (C=O) groups excluding carboxylic acids is 1. The van der Waals surface area contributed by atoms with E-state index in [0.717, 1.165) is 26.4 Å². The fourth-order valence-electron chi connectivity index (χ4n) is 1.99. The van der Waals surface area contributed by atoms with Crippen LogP contribution >= 0.6 is 27.3 Å². The largest absolute Gasteiger partial charge is 0.322 e. The summed E-state index contributed by atoms with van der Waals surface area (Å²) in [6.07, 6.45) is 3.18. The third kappa shape index (κ3) is 3.40. The molecule has 0 aliphatic heterocycles. The van der Waals surface area contributed by atoms with Gasteiger partial charge in [-0.1, -0.05) is 12.1 Å². The molecule has 3 aromatic rings. The van der Waals surface area contributed by atoms with Gasteiger partial charge in [0.2, 0.25) is 0 Å². The Balaban J connectivity index is 1.82. The van der Waals surface area contributed by atoms with E-state index in [0.29, 0.717) is 5.56 Å². The molecule has 6 heteroatoms. The van der Waals surface area contributed by atoms with Crippen molar-refractivity contribution < 1.29 is 4.79 Å². The molecule has 0 bridgehead atoms. The zero-order chi connectivity index (χ0) is 15.5. The van der Waals surface area contributed by atoms with Crippen molar-refractivity contribution in [3.05, 3.63) is 63.1 Å². The average Bonchev–Trinajstić information content (AvgIpc) is 2.94. The van der Waals surface area contributed by atoms with Gasteiger partial charge in [-0.05, 0) is 41.1 Å². The van der Waals surface area contributed by atoms with Crippen molar-refractivity contribution in [3.63, 3.8) is 0 Å². The molecule has 0 spiro atoms. The van der Waals surface area contributed by atoms with Crippen LogP contribution in [0, 0.1) is 6.92 Å². The number of carbonyl (C=O) groups is 1. The normalized spacial score (nSPS) is 10.5. The van der Waals surface area contributed by atoms with Gasteiger partial charge in [0.25, 0.3) is 5.91 Å². The van der Waals surface area contributed by atoms with Gasteiger partial charge in [-0.25, -0.2) is 4.98 Å². The number of aryl methyl sites for hydroxylation is 1. The minimum Gasteiger partial charge on any atom is -0.322 e. The SMILES string of the molecule is Cc1nc(-c2cccc(NC(=O)c3cncc(Br)c3)c2)cs1. The van der Waals surface area contributed by atoms with Gasteiger partial charge >= 0.3 is 0 Å². The predicted octanol–water partition coefficient (Wildman–Crippen LogP) is 4.53. The number of pyridine rings is 1. The second-order valence-corrected chi connectivity index (χ2v) is 6.66. The number of thiazole rings is 1. The lowest BCUT2D eigenvalue weighted by atomic mass is 10.1. The Morgan fingerprint density at radius 2 is 2.14 bits per heavy atom. The van der Waals surface area contributed by atoms with E-state index < -0.39 is 0 Å². The van der Waals surface area contributed by atoms with Crippen LogP contribution in [0.1, 0.15) is 15.4 Å². The number of benzene rings is 1. The molecule has 0 aliphatic rings. The summed E-state index contributed by atoms with van der Waals surface area (Å²) in [5, 5.41) is 5.90. The minimum absolute atomic E-state index is 0.194. The molecule has 4 nitrogen and oxygen atoms in total. The number of hydrogen-bond acceptors (Lipinski definition) is 4. The first-order valence-electron chi connectivity index (χ1n) is 6.56. The number of aromatic nitrogens is 2. The second kappa shape index (κ2) is 6.37. The Kier molecular flexibility index (Phi) is 4.31. The molecule has 2 heterocycles. The fraction of sp³-hybridized carbons (Fsp3) is 0.0625. The summed E-state index contributed by atoms with van der Waals surface area (Å²) < 4.78 is 0.770. The highest BCUT2D eigenvalue weighted by Gasteiger charge is 2.08. The van der Waals surface area contributed by atoms with Crippen molar-refractivity contribution >= 4 is 38.9 Å². The first-order chi connectivity index (χ1) is 10.6. The third-order valence-corrected chi connectivity index (χ3v) is 4.21. The highest BCUT2D eigenvalue weighted by Crippen LogP contribution is 2.24. The van der Waals surface area contributed by atoms with Crippen LogP contribution in [0.5, 0.6) is 0 Å². The molecule has 0 saturated heterocycles. The molecule has 0 saturated carbocycles. The quantitative estimate of drug-likeness (QED) is 0.733. The Labute approximate surface area is 140 Å². The Morgan fingerprint density at radius 1 is 1.27 bits per heavy atom. The van der Waals surface area contributed by atoms with E-state index in [-0.39, 0.29) is 5.91 Å². The molecule has 0 radical (unpaired) electrons. The van der Waals surface area contributed by atoms with Crippen molar-refractivity contribution in [2.75, 3.05) is 5.32 Å². The number of anilines is 1. The number of hydrogen-bond donors (Lipinski definition) is 1. The van der Waals surface area contributed by atoms with E-state index in [9.17, 15) is 4.79 Å². The fourth-order valence-corrected chi connectivity index (χ4v) is 2.98. The molecule has 0 atom stereocenters. The van der Waals surface area contributed by atoms with E-state index in [1.807, 2.05) is 36.6 Å². The Morgan fingerprint density at radius 3 is 2.86 bits per heavy atom. The summed E-state index contributed by atoms with van der Waals surface area (Å²) in [6, 6.07) is 9.38. The standard InChI is InChI=1S/C16H12BrN3OS/c1-10-19-15(9-22-10)11-3-2-4-14(6-11)20-16(21)12-5-13(17)8-18-7-12/h2-9H,1H3,(H,20,21). The maximum Gasteiger partial charge on any atom is 0.257 e. The highest BCUT2D eigenvalue weighted by molar-refractivity contribution is 9.10. The number of nitrogens with one attached hydrogen (secondary N) is 1. The maximum absolute atomic E-state index is 12.2. The summed E-state index contributed by atoms with van der Waals surface area (Å²) in [4.78, 5) is 20.7. The molecule has 0 unspecified atom stereocenters. The lowest BCUT2D eigenvalue weighted by Gasteiger charge is -2.06. The van der Waals surface area contributed by atoms with Crippen LogP contribution in [0.3, 0.4) is 0 Å². The molecule has 0 fully saturated rings. The average molecular weight is 374 g/mol. The van der Waals surface area contributed by atoms with Gasteiger partial charge in [0, 0.05) is 33.5 Å². The van der Waals surface area contributed by atoms with Crippen LogP contribution in [-0.4, -0.2) is 15.9 Å². The third-order valence-electron chi connectivity index (χ3n) is 3.00. The summed E-state index contributed by atoms with van der Waals surface area (Å²) >= 11 is 4.92. The summed E-state index contributed by atoms with van der Waals surface area (Å²) in [7, 11) is 0. The monoisotopic (exact) mass is 373 g/mol. The first-order valence-corrected chi connectivity index (χ1v) is 8.23. The molecule has 1 N–H and O–H groups in total. The smallest absolute Gasteiger partial charge is 0.257 e. The van der Waals surface area contributed by atoms with Crippen LogP contribution in [0.4, 0.5) is 5.69 Å². The van der Waals surface area contributed by atoms with Gasteiger partial charge in [0.1, 0.15) is 0 Å². The maximum atomic E-state index is 12.2. The molecule has 22 heavy (non-hydrogen) atoms. The first kappa shape index (κ1) is 14.9. The molecule has 3 rings (SSSR count). The molecule has 2 aromatic heterocycles. The van der Waals surface area contributed by atoms with Gasteiger partial charge in [-0.2, -0.15) is 0 Å². The van der Waals surface area contributed by atoms with Crippen LogP contribution in [0.15, 0.2) is 52.6 Å². The van der Waals surface area contributed by atoms with Gasteiger partial charge in [-0.3, -0.25) is 9.78 Å². The highest BCUT2D eigenvalue weighted by atomic mass is 79.9. The topological polar surface area (TPSA) is 54.9 Å². The number of amides is 1. The zero-order valence-electron chi connectivity index (χ0n) is 11.7. The van der Waals surface area contributed by atoms with Crippen molar-refractivity contribution in [2.45, 2.75) is 6.92 Å². The Hall–Kier alpha value is -2.05. The molecule has 0 aliphatic carbocycles. The molecular weight excluding hydrogens is 362 g/mol. The molecule has 1 amide bonds. The van der Waals surface area contributed by atoms with E-state index in [2.05, 4.69) is 31.2 Å². The summed E-state index contributed by atoms with van der Waals surface area (Å²) in [6.45, 7) is 1.97. The molecular formula is C16H12BrN3OS. The van der Waals surface area contributed by atoms with E-state index in [1.165, 1.54) is 6.20 Å². The van der Waals surface area contributed by atoms with Crippen molar-refractivity contribution in [1.29, 1.82) is 0 Å². The van der Waals surface area contributed by atoms with Crippen molar-refractivity contribution in [2.24, 2.45) is 0 Å². The lowest BCUT2D eigenvalue weighted by Crippen LogP contribution is -2.12. The summed E-state index contributed by atoms with van der Waals surface area (Å²) in [5.74, 6) is -0.194. The second-order valence-electron chi connectivity index (χ2n) is 4.68. The van der Waals surface area contributed by atoms with Crippen LogP contribution in [-0.2, 0) is 0 Å². The predicted molar refractivity (Wildman–Crippen MR) is 92.2 cm³/mol. The Bertz CT molecular complexity index is 832. The lowest BCUT2D eigenvalue weighted by molar-refractivity contribution is 0.102. The zero-order valence-corrected chi connectivity index (χ0v) is 14.1. The molecule has 1 aromatic carbocycles. The molecule has 110 valence electrons. The van der Waals surface area contributed by atoms with E-state index in [4.69, 9.17) is 0 Å². The van der Waals surface area contributed by atoms with Gasteiger partial charge in [-0.15, -0.1) is 11.3 Å². The number of halogens is 1. The van der Waals surface area contributed by atoms with Crippen LogP contribution in [0.25, 0.3) is 11.3 Å². The summed E-state index contributed by atoms with van der Waals surface area (Å²) in [5.41, 5.74) is 3.13. The van der Waals surface area contributed by atoms with Gasteiger partial charge < -0.3 is 5.32 Å². The van der Waals surface area contributed by atoms with Crippen molar-refractivity contribution in [3.8, 4) is 11.3 Å². The van der Waals surface area contributed by atoms with Crippen LogP contribution in [0.2, 0.25) is 0 Å². The van der Waals surface area contributed by atoms with Gasteiger partial charge in [0.05, 0.1) is 16.3 Å².